The number of fused-ring (bicyclic) bond motifs is 2. The number of likely N-dealkylation sites (tertiary alicyclic amines) is 2. The van der Waals surface area contributed by atoms with E-state index in [9.17, 15) is 4.79 Å². The summed E-state index contributed by atoms with van der Waals surface area (Å²) in [5.74, 6) is 1.80. The Morgan fingerprint density at radius 2 is 2.07 bits per heavy atom. The quantitative estimate of drug-likeness (QED) is 0.802. The van der Waals surface area contributed by atoms with E-state index in [0.29, 0.717) is 24.3 Å². The largest absolute Gasteiger partial charge is 0.361 e. The molecule has 2 fully saturated rings. The van der Waals surface area contributed by atoms with Crippen molar-refractivity contribution in [1.82, 2.24) is 14.8 Å². The Balaban J connectivity index is 1.34. The predicted octanol–water partition coefficient (Wildman–Crippen LogP) is 4.46. The van der Waals surface area contributed by atoms with Crippen molar-refractivity contribution in [2.24, 2.45) is 11.8 Å². The van der Waals surface area contributed by atoms with Gasteiger partial charge in [-0.3, -0.25) is 4.79 Å². The fraction of sp³-hybridized carbons (Fsp3) is 0.625. The summed E-state index contributed by atoms with van der Waals surface area (Å²) in [4.78, 5) is 21.3. The number of piperidine rings is 2. The molecule has 1 aromatic carbocycles. The lowest BCUT2D eigenvalue weighted by molar-refractivity contribution is -0.138. The summed E-state index contributed by atoms with van der Waals surface area (Å²) in [5.41, 5.74) is 2.43. The lowest BCUT2D eigenvalue weighted by Gasteiger charge is -2.47. The molecule has 2 aliphatic rings. The third-order valence-electron chi connectivity index (χ3n) is 6.78. The van der Waals surface area contributed by atoms with Gasteiger partial charge in [-0.05, 0) is 62.1 Å². The van der Waals surface area contributed by atoms with Gasteiger partial charge in [0.2, 0.25) is 5.91 Å². The third kappa shape index (κ3) is 4.27. The van der Waals surface area contributed by atoms with Crippen LogP contribution in [0.5, 0.6) is 0 Å². The van der Waals surface area contributed by atoms with E-state index in [1.165, 1.54) is 36.9 Å². The Kier molecular flexibility index (Phi) is 6.05. The van der Waals surface area contributed by atoms with Crippen LogP contribution in [0.15, 0.2) is 30.5 Å². The molecule has 1 amide bonds. The van der Waals surface area contributed by atoms with Crippen LogP contribution < -0.4 is 0 Å². The van der Waals surface area contributed by atoms with Gasteiger partial charge in [0.25, 0.3) is 0 Å². The van der Waals surface area contributed by atoms with E-state index in [0.717, 1.165) is 43.8 Å². The summed E-state index contributed by atoms with van der Waals surface area (Å²) in [6, 6.07) is 8.84. The number of rotatable bonds is 6. The first-order valence-corrected chi connectivity index (χ1v) is 11.2. The number of aryl methyl sites for hydroxylation is 1. The first-order chi connectivity index (χ1) is 13.6. The summed E-state index contributed by atoms with van der Waals surface area (Å²) in [6.07, 6.45) is 8.42. The summed E-state index contributed by atoms with van der Waals surface area (Å²) in [5, 5.41) is 1.25. The van der Waals surface area contributed by atoms with Gasteiger partial charge in [-0.15, -0.1) is 0 Å². The summed E-state index contributed by atoms with van der Waals surface area (Å²) < 4.78 is 0. The Morgan fingerprint density at radius 3 is 2.93 bits per heavy atom. The van der Waals surface area contributed by atoms with Crippen molar-refractivity contribution >= 4 is 16.8 Å². The maximum absolute atomic E-state index is 13.1. The van der Waals surface area contributed by atoms with Gasteiger partial charge in [-0.25, -0.2) is 0 Å². The number of carbonyl (C=O) groups excluding carboxylic acids is 1. The first-order valence-electron chi connectivity index (χ1n) is 11.2. The average molecular weight is 382 g/mol. The second-order valence-electron chi connectivity index (χ2n) is 9.19. The number of aromatic nitrogens is 1. The zero-order valence-electron chi connectivity index (χ0n) is 17.5. The van der Waals surface area contributed by atoms with Gasteiger partial charge >= 0.3 is 0 Å². The van der Waals surface area contributed by atoms with E-state index in [4.69, 9.17) is 0 Å². The number of benzene rings is 1. The molecule has 0 radical (unpaired) electrons. The van der Waals surface area contributed by atoms with Crippen LogP contribution in [0.1, 0.15) is 51.5 Å². The zero-order valence-corrected chi connectivity index (χ0v) is 17.5. The third-order valence-corrected chi connectivity index (χ3v) is 6.78. The minimum atomic E-state index is 0.357. The second kappa shape index (κ2) is 8.69. The zero-order chi connectivity index (χ0) is 19.5. The summed E-state index contributed by atoms with van der Waals surface area (Å²) >= 11 is 0. The molecular formula is C24H35N3O. The lowest BCUT2D eigenvalue weighted by atomic mass is 9.83. The molecule has 0 unspecified atom stereocenters. The molecule has 1 aromatic heterocycles. The van der Waals surface area contributed by atoms with Crippen LogP contribution >= 0.6 is 0 Å². The van der Waals surface area contributed by atoms with E-state index in [1.807, 2.05) is 0 Å². The van der Waals surface area contributed by atoms with Crippen LogP contribution in [0.25, 0.3) is 10.9 Å². The first kappa shape index (κ1) is 19.5. The number of H-pyrrole nitrogens is 1. The maximum atomic E-state index is 13.1. The van der Waals surface area contributed by atoms with E-state index < -0.39 is 0 Å². The Bertz CT molecular complexity index is 796. The van der Waals surface area contributed by atoms with E-state index in [-0.39, 0.29) is 0 Å². The van der Waals surface area contributed by atoms with Crippen molar-refractivity contribution in [3.05, 3.63) is 36.0 Å². The molecule has 4 rings (SSSR count). The van der Waals surface area contributed by atoms with Gasteiger partial charge in [0.1, 0.15) is 0 Å². The Morgan fingerprint density at radius 1 is 1.21 bits per heavy atom. The topological polar surface area (TPSA) is 39.3 Å². The lowest BCUT2D eigenvalue weighted by Crippen LogP contribution is -2.55. The highest BCUT2D eigenvalue weighted by Gasteiger charge is 2.37. The van der Waals surface area contributed by atoms with E-state index in [1.54, 1.807) is 0 Å². The molecule has 0 bridgehead atoms. The molecule has 0 aliphatic carbocycles. The monoisotopic (exact) mass is 381 g/mol. The standard InChI is InChI=1S/C24H35N3O/c1-18(2)11-14-26-15-12-23-20(17-26)6-5-13-27(23)24(28)10-9-19-16-25-22-8-4-3-7-21(19)22/h3-4,7-8,16,18,20,23,25H,5-6,9-15,17H2,1-2H3/t20-,23-/m0/s1. The normalized spacial score (nSPS) is 23.3. The van der Waals surface area contributed by atoms with Crippen molar-refractivity contribution in [3.63, 3.8) is 0 Å². The number of aromatic amines is 1. The van der Waals surface area contributed by atoms with Crippen molar-refractivity contribution in [2.75, 3.05) is 26.2 Å². The van der Waals surface area contributed by atoms with E-state index >= 15 is 0 Å². The summed E-state index contributed by atoms with van der Waals surface area (Å²) in [7, 11) is 0. The molecule has 2 aliphatic heterocycles. The number of para-hydroxylation sites is 1. The average Bonchev–Trinajstić information content (AvgIpc) is 3.13. The minimum Gasteiger partial charge on any atom is -0.361 e. The fourth-order valence-electron chi connectivity index (χ4n) is 5.16. The van der Waals surface area contributed by atoms with Gasteiger partial charge in [0, 0.05) is 49.2 Å². The molecule has 4 nitrogen and oxygen atoms in total. The predicted molar refractivity (Wildman–Crippen MR) is 115 cm³/mol. The minimum absolute atomic E-state index is 0.357. The molecule has 3 heterocycles. The smallest absolute Gasteiger partial charge is 0.223 e. The van der Waals surface area contributed by atoms with Crippen LogP contribution in [0, 0.1) is 11.8 Å². The number of nitrogens with zero attached hydrogens (tertiary/aromatic N) is 2. The van der Waals surface area contributed by atoms with Crippen LogP contribution in [0.2, 0.25) is 0 Å². The fourth-order valence-corrected chi connectivity index (χ4v) is 5.16. The molecular weight excluding hydrogens is 346 g/mol. The number of hydrogen-bond acceptors (Lipinski definition) is 2. The number of hydrogen-bond donors (Lipinski definition) is 1. The number of carbonyl (C=O) groups is 1. The SMILES string of the molecule is CC(C)CCN1CC[C@H]2[C@@H](CCCN2C(=O)CCc2c[nH]c3ccccc23)C1. The highest BCUT2D eigenvalue weighted by molar-refractivity contribution is 5.84. The van der Waals surface area contributed by atoms with Gasteiger partial charge in [0.15, 0.2) is 0 Å². The summed E-state index contributed by atoms with van der Waals surface area (Å²) in [6.45, 7) is 9.13. The van der Waals surface area contributed by atoms with Crippen molar-refractivity contribution < 1.29 is 4.79 Å². The van der Waals surface area contributed by atoms with Crippen LogP contribution in [0.4, 0.5) is 0 Å². The Labute approximate surface area is 169 Å². The van der Waals surface area contributed by atoms with Crippen molar-refractivity contribution in [1.29, 1.82) is 0 Å². The molecule has 1 N–H and O–H groups in total. The number of nitrogens with one attached hydrogen (secondary N) is 1. The second-order valence-corrected chi connectivity index (χ2v) is 9.19. The molecule has 2 saturated heterocycles. The highest BCUT2D eigenvalue weighted by atomic mass is 16.2. The van der Waals surface area contributed by atoms with Crippen LogP contribution in [-0.4, -0.2) is 52.9 Å². The molecule has 4 heteroatoms. The molecule has 0 spiro atoms. The Hall–Kier alpha value is -1.81. The van der Waals surface area contributed by atoms with Crippen molar-refractivity contribution in [2.45, 2.75) is 58.4 Å². The van der Waals surface area contributed by atoms with Gasteiger partial charge in [-0.2, -0.15) is 0 Å². The molecule has 28 heavy (non-hydrogen) atoms. The molecule has 2 atom stereocenters. The van der Waals surface area contributed by atoms with Crippen LogP contribution in [-0.2, 0) is 11.2 Å². The van der Waals surface area contributed by atoms with Crippen LogP contribution in [0.3, 0.4) is 0 Å². The molecule has 0 saturated carbocycles. The molecule has 2 aromatic rings. The van der Waals surface area contributed by atoms with Gasteiger partial charge in [0.05, 0.1) is 0 Å². The highest BCUT2D eigenvalue weighted by Crippen LogP contribution is 2.31. The van der Waals surface area contributed by atoms with Gasteiger partial charge < -0.3 is 14.8 Å². The van der Waals surface area contributed by atoms with Crippen molar-refractivity contribution in [3.8, 4) is 0 Å². The van der Waals surface area contributed by atoms with E-state index in [2.05, 4.69) is 59.1 Å². The van der Waals surface area contributed by atoms with Gasteiger partial charge in [-0.1, -0.05) is 32.0 Å². The number of amides is 1. The maximum Gasteiger partial charge on any atom is 0.223 e. The molecule has 152 valence electrons.